The smallest absolute Gasteiger partial charge is 0.222 e. The quantitative estimate of drug-likeness (QED) is 0.657. The van der Waals surface area contributed by atoms with Gasteiger partial charge >= 0.3 is 0 Å². The van der Waals surface area contributed by atoms with Crippen molar-refractivity contribution in [1.82, 2.24) is 20.2 Å². The van der Waals surface area contributed by atoms with Crippen molar-refractivity contribution in [3.05, 3.63) is 35.7 Å². The van der Waals surface area contributed by atoms with Gasteiger partial charge in [-0.05, 0) is 23.8 Å². The molecule has 0 spiro atoms. The first kappa shape index (κ1) is 19.4. The highest BCUT2D eigenvalue weighted by Gasteiger charge is 2.39. The van der Waals surface area contributed by atoms with Crippen LogP contribution in [0.5, 0.6) is 0 Å². The van der Waals surface area contributed by atoms with Crippen LogP contribution < -0.4 is 5.32 Å². The summed E-state index contributed by atoms with van der Waals surface area (Å²) in [5.41, 5.74) is 3.26. The zero-order valence-corrected chi connectivity index (χ0v) is 16.6. The summed E-state index contributed by atoms with van der Waals surface area (Å²) in [6.07, 6.45) is 2.36. The van der Waals surface area contributed by atoms with Crippen LogP contribution in [-0.4, -0.2) is 53.5 Å². The number of hydrogen-bond acceptors (Lipinski definition) is 7. The van der Waals surface area contributed by atoms with Gasteiger partial charge in [-0.15, -0.1) is 0 Å². The van der Waals surface area contributed by atoms with Gasteiger partial charge in [0.1, 0.15) is 17.1 Å². The third kappa shape index (κ3) is 3.71. The number of aromatic amines is 1. The second-order valence-electron chi connectivity index (χ2n) is 7.05. The summed E-state index contributed by atoms with van der Waals surface area (Å²) in [6.45, 7) is 2.95. The molecule has 0 unspecified atom stereocenters. The van der Waals surface area contributed by atoms with Gasteiger partial charge in [0.15, 0.2) is 0 Å². The maximum absolute atomic E-state index is 11.4. The molecule has 0 bridgehead atoms. The highest BCUT2D eigenvalue weighted by molar-refractivity contribution is 5.95. The number of aromatic nitrogens is 4. The van der Waals surface area contributed by atoms with Gasteiger partial charge in [0, 0.05) is 39.6 Å². The van der Waals surface area contributed by atoms with Crippen LogP contribution in [0.25, 0.3) is 22.3 Å². The first-order chi connectivity index (χ1) is 14.0. The number of fused-ring (bicyclic) bond motifs is 1. The Kier molecular flexibility index (Phi) is 5.27. The second-order valence-corrected chi connectivity index (χ2v) is 7.05. The van der Waals surface area contributed by atoms with E-state index < -0.39 is 5.60 Å². The summed E-state index contributed by atoms with van der Waals surface area (Å²) in [5, 5.41) is 10.9. The lowest BCUT2D eigenvalue weighted by molar-refractivity contribution is -0.114. The maximum atomic E-state index is 11.4. The Bertz CT molecular complexity index is 1040. The Morgan fingerprint density at radius 1 is 1.34 bits per heavy atom. The molecule has 4 rings (SSSR count). The van der Waals surface area contributed by atoms with Crippen molar-refractivity contribution in [3.8, 4) is 11.4 Å². The van der Waals surface area contributed by atoms with E-state index in [9.17, 15) is 4.79 Å². The molecule has 1 aliphatic heterocycles. The number of carbonyl (C=O) groups excluding carboxylic acids is 1. The molecule has 1 fully saturated rings. The van der Waals surface area contributed by atoms with Crippen LogP contribution in [0.15, 0.2) is 24.4 Å². The fourth-order valence-electron chi connectivity index (χ4n) is 3.57. The number of H-pyrrole nitrogens is 1. The molecule has 29 heavy (non-hydrogen) atoms. The molecule has 9 nitrogen and oxygen atoms in total. The van der Waals surface area contributed by atoms with E-state index in [4.69, 9.17) is 19.2 Å². The molecule has 1 atom stereocenters. The van der Waals surface area contributed by atoms with E-state index >= 15 is 0 Å². The topological polar surface area (TPSA) is 111 Å². The molecule has 152 valence electrons. The molecule has 1 aliphatic rings. The monoisotopic (exact) mass is 397 g/mol. The number of anilines is 1. The minimum atomic E-state index is -0.590. The first-order valence-electron chi connectivity index (χ1n) is 9.30. The SMILES string of the molecule is COCc1cc(-c2n[nH]c3cnc(NC(C)=O)cc23)nc([C@]2(OC)CCOC2)c1. The summed E-state index contributed by atoms with van der Waals surface area (Å²) in [6, 6.07) is 5.72. The molecular formula is C20H23N5O4. The Labute approximate surface area is 167 Å². The largest absolute Gasteiger partial charge is 0.380 e. The number of pyridine rings is 2. The van der Waals surface area contributed by atoms with Gasteiger partial charge < -0.3 is 19.5 Å². The van der Waals surface area contributed by atoms with Gasteiger partial charge in [0.25, 0.3) is 0 Å². The average Bonchev–Trinajstić information content (AvgIpc) is 3.35. The standard InChI is InChI=1S/C20H23N5O4/c1-12(26)22-18-8-14-16(9-21-18)24-25-19(14)15-6-13(10-27-2)7-17(23-15)20(28-3)4-5-29-11-20/h6-9H,4-5,10-11H2,1-3H3,(H,24,25)(H,21,22,26)/t20-/m0/s1. The van der Waals surface area contributed by atoms with Gasteiger partial charge in [-0.1, -0.05) is 0 Å². The Morgan fingerprint density at radius 3 is 2.90 bits per heavy atom. The van der Waals surface area contributed by atoms with Gasteiger partial charge in [-0.3, -0.25) is 9.89 Å². The lowest BCUT2D eigenvalue weighted by atomic mass is 9.95. The van der Waals surface area contributed by atoms with E-state index in [0.29, 0.717) is 37.0 Å². The number of nitrogens with one attached hydrogen (secondary N) is 2. The van der Waals surface area contributed by atoms with Crippen LogP contribution >= 0.6 is 0 Å². The Hall–Kier alpha value is -2.88. The fraction of sp³-hybridized carbons (Fsp3) is 0.400. The van der Waals surface area contributed by atoms with Crippen molar-refractivity contribution in [1.29, 1.82) is 0 Å². The normalized spacial score (nSPS) is 19.0. The second kappa shape index (κ2) is 7.86. The molecule has 2 N–H and O–H groups in total. The highest BCUT2D eigenvalue weighted by atomic mass is 16.5. The predicted octanol–water partition coefficient (Wildman–Crippen LogP) is 2.39. The van der Waals surface area contributed by atoms with Crippen LogP contribution in [0.3, 0.4) is 0 Å². The van der Waals surface area contributed by atoms with Crippen molar-refractivity contribution < 1.29 is 19.0 Å². The molecule has 1 amide bonds. The van der Waals surface area contributed by atoms with E-state index in [-0.39, 0.29) is 5.91 Å². The fourth-order valence-corrected chi connectivity index (χ4v) is 3.57. The van der Waals surface area contributed by atoms with Gasteiger partial charge in [-0.2, -0.15) is 5.10 Å². The number of rotatable bonds is 6. The van der Waals surface area contributed by atoms with E-state index in [1.807, 2.05) is 12.1 Å². The molecule has 9 heteroatoms. The van der Waals surface area contributed by atoms with Gasteiger partial charge in [0.2, 0.25) is 5.91 Å². The van der Waals surface area contributed by atoms with Gasteiger partial charge in [0.05, 0.1) is 36.3 Å². The number of amides is 1. The van der Waals surface area contributed by atoms with Crippen LogP contribution in [0.1, 0.15) is 24.6 Å². The number of ether oxygens (including phenoxy) is 3. The zero-order valence-electron chi connectivity index (χ0n) is 16.6. The summed E-state index contributed by atoms with van der Waals surface area (Å²) in [7, 11) is 3.33. The molecule has 0 aliphatic carbocycles. The van der Waals surface area contributed by atoms with Crippen molar-refractivity contribution in [3.63, 3.8) is 0 Å². The van der Waals surface area contributed by atoms with Crippen molar-refractivity contribution in [2.45, 2.75) is 25.6 Å². The van der Waals surface area contributed by atoms with E-state index in [1.54, 1.807) is 26.5 Å². The van der Waals surface area contributed by atoms with E-state index in [0.717, 1.165) is 28.6 Å². The number of hydrogen-bond donors (Lipinski definition) is 2. The third-order valence-corrected chi connectivity index (χ3v) is 5.03. The lowest BCUT2D eigenvalue weighted by Gasteiger charge is -2.26. The molecule has 0 aromatic carbocycles. The summed E-state index contributed by atoms with van der Waals surface area (Å²) >= 11 is 0. The molecule has 0 saturated carbocycles. The van der Waals surface area contributed by atoms with Crippen LogP contribution in [0.2, 0.25) is 0 Å². The predicted molar refractivity (Wildman–Crippen MR) is 106 cm³/mol. The molecule has 0 radical (unpaired) electrons. The van der Waals surface area contributed by atoms with Crippen molar-refractivity contribution in [2.75, 3.05) is 32.8 Å². The van der Waals surface area contributed by atoms with E-state index in [2.05, 4.69) is 20.5 Å². The Morgan fingerprint density at radius 2 is 2.21 bits per heavy atom. The maximum Gasteiger partial charge on any atom is 0.222 e. The number of carbonyl (C=O) groups is 1. The molecule has 4 heterocycles. The summed E-state index contributed by atoms with van der Waals surface area (Å²) in [4.78, 5) is 20.5. The van der Waals surface area contributed by atoms with E-state index in [1.165, 1.54) is 6.92 Å². The third-order valence-electron chi connectivity index (χ3n) is 5.03. The molecule has 3 aromatic heterocycles. The highest BCUT2D eigenvalue weighted by Crippen LogP contribution is 2.35. The molecular weight excluding hydrogens is 374 g/mol. The molecule has 3 aromatic rings. The number of methoxy groups -OCH3 is 2. The van der Waals surface area contributed by atoms with Crippen molar-refractivity contribution in [2.24, 2.45) is 0 Å². The van der Waals surface area contributed by atoms with Crippen LogP contribution in [-0.2, 0) is 31.2 Å². The molecule has 1 saturated heterocycles. The lowest BCUT2D eigenvalue weighted by Crippen LogP contribution is -2.30. The summed E-state index contributed by atoms with van der Waals surface area (Å²) in [5.74, 6) is 0.270. The van der Waals surface area contributed by atoms with Gasteiger partial charge in [-0.25, -0.2) is 9.97 Å². The van der Waals surface area contributed by atoms with Crippen LogP contribution in [0, 0.1) is 0 Å². The summed E-state index contributed by atoms with van der Waals surface area (Å²) < 4.78 is 16.8. The number of nitrogens with zero attached hydrogens (tertiary/aromatic N) is 3. The zero-order chi connectivity index (χ0) is 20.4. The minimum Gasteiger partial charge on any atom is -0.380 e. The van der Waals surface area contributed by atoms with Crippen LogP contribution in [0.4, 0.5) is 5.82 Å². The Balaban J connectivity index is 1.84. The minimum absolute atomic E-state index is 0.187. The average molecular weight is 397 g/mol. The van der Waals surface area contributed by atoms with Crippen molar-refractivity contribution >= 4 is 22.6 Å². The first-order valence-corrected chi connectivity index (χ1v) is 9.30.